The molecule has 6 heteroatoms. The van der Waals surface area contributed by atoms with Gasteiger partial charge >= 0.3 is 0 Å². The summed E-state index contributed by atoms with van der Waals surface area (Å²) in [4.78, 5) is 30.0. The van der Waals surface area contributed by atoms with Crippen molar-refractivity contribution < 1.29 is 18.7 Å². The van der Waals surface area contributed by atoms with Crippen LogP contribution < -0.4 is 9.64 Å². The third-order valence-corrected chi connectivity index (χ3v) is 5.13. The van der Waals surface area contributed by atoms with Crippen molar-refractivity contribution in [3.8, 4) is 5.75 Å². The zero-order valence-corrected chi connectivity index (χ0v) is 17.6. The lowest BCUT2D eigenvalue weighted by Gasteiger charge is -2.26. The second-order valence-electron chi connectivity index (χ2n) is 7.25. The lowest BCUT2D eigenvalue weighted by Crippen LogP contribution is -2.17. The van der Waals surface area contributed by atoms with E-state index in [0.717, 1.165) is 22.3 Å². The number of ether oxygens (including phenoxy) is 1. The number of hydrogen-bond acceptors (Lipinski definition) is 6. The Morgan fingerprint density at radius 1 is 1.03 bits per heavy atom. The van der Waals surface area contributed by atoms with Gasteiger partial charge in [0.05, 0.1) is 12.8 Å². The van der Waals surface area contributed by atoms with Crippen LogP contribution in [0.2, 0.25) is 0 Å². The van der Waals surface area contributed by atoms with Gasteiger partial charge < -0.3 is 14.1 Å². The first-order chi connectivity index (χ1) is 15.0. The minimum absolute atomic E-state index is 0.0122. The second-order valence-corrected chi connectivity index (χ2v) is 7.25. The number of hydrogen-bond donors (Lipinski definition) is 0. The second kappa shape index (κ2) is 8.44. The average Bonchev–Trinajstić information content (AvgIpc) is 3.24. The highest BCUT2D eigenvalue weighted by Crippen LogP contribution is 2.39. The summed E-state index contributed by atoms with van der Waals surface area (Å²) in [6.45, 7) is 3.55. The highest BCUT2D eigenvalue weighted by molar-refractivity contribution is 6.03. The minimum Gasteiger partial charge on any atom is -0.493 e. The first-order valence-corrected chi connectivity index (χ1v) is 9.87. The summed E-state index contributed by atoms with van der Waals surface area (Å²) in [5.41, 5.74) is 3.92. The smallest absolute Gasteiger partial charge is 0.194 e. The third kappa shape index (κ3) is 4.05. The maximum absolute atomic E-state index is 12.0. The van der Waals surface area contributed by atoms with E-state index in [1.807, 2.05) is 54.7 Å². The number of pyridine rings is 1. The number of carbonyl (C=O) groups excluding carboxylic acids is 2. The summed E-state index contributed by atoms with van der Waals surface area (Å²) in [5, 5.41) is 0.768. The fourth-order valence-electron chi connectivity index (χ4n) is 3.52. The summed E-state index contributed by atoms with van der Waals surface area (Å²) in [5.74, 6) is 0.681. The van der Waals surface area contributed by atoms with Gasteiger partial charge in [0, 0.05) is 42.5 Å². The van der Waals surface area contributed by atoms with Crippen LogP contribution in [0.4, 0.5) is 11.4 Å². The normalized spacial score (nSPS) is 10.8. The van der Waals surface area contributed by atoms with Crippen molar-refractivity contribution in [2.24, 2.45) is 0 Å². The molecule has 0 radical (unpaired) electrons. The van der Waals surface area contributed by atoms with E-state index in [4.69, 9.17) is 9.15 Å². The Balaban J connectivity index is 1.89. The number of benzene rings is 2. The molecule has 156 valence electrons. The number of nitrogens with zero attached hydrogens (tertiary/aromatic N) is 2. The van der Waals surface area contributed by atoms with Crippen molar-refractivity contribution in [2.45, 2.75) is 20.4 Å². The van der Waals surface area contributed by atoms with Gasteiger partial charge in [0.25, 0.3) is 0 Å². The summed E-state index contributed by atoms with van der Waals surface area (Å²) >= 11 is 0. The van der Waals surface area contributed by atoms with Gasteiger partial charge in [-0.1, -0.05) is 6.07 Å². The average molecular weight is 414 g/mol. The molecule has 0 aliphatic carbocycles. The van der Waals surface area contributed by atoms with Gasteiger partial charge in [-0.3, -0.25) is 14.6 Å². The predicted octanol–water partition coefficient (Wildman–Crippen LogP) is 5.58. The molecule has 0 spiro atoms. The molecule has 2 heterocycles. The van der Waals surface area contributed by atoms with Crippen LogP contribution in [0.15, 0.2) is 71.4 Å². The molecule has 0 atom stereocenters. The van der Waals surface area contributed by atoms with Crippen molar-refractivity contribution in [3.63, 3.8) is 0 Å². The van der Waals surface area contributed by atoms with Crippen LogP contribution in [0.5, 0.6) is 5.75 Å². The molecule has 0 fully saturated rings. The minimum atomic E-state index is -0.158. The van der Waals surface area contributed by atoms with E-state index in [2.05, 4.69) is 9.88 Å². The van der Waals surface area contributed by atoms with Crippen LogP contribution in [0.3, 0.4) is 0 Å². The topological polar surface area (TPSA) is 72.6 Å². The maximum atomic E-state index is 12.0. The van der Waals surface area contributed by atoms with Gasteiger partial charge in [-0.05, 0) is 61.0 Å². The zero-order valence-electron chi connectivity index (χ0n) is 17.6. The van der Waals surface area contributed by atoms with Gasteiger partial charge in [-0.25, -0.2) is 0 Å². The molecule has 2 aromatic carbocycles. The molecule has 0 bridgehead atoms. The Kier molecular flexibility index (Phi) is 5.54. The molecule has 4 aromatic rings. The van der Waals surface area contributed by atoms with Gasteiger partial charge in [0.2, 0.25) is 0 Å². The molecular formula is C25H22N2O4. The number of methoxy groups -OCH3 is 1. The van der Waals surface area contributed by atoms with Crippen LogP contribution in [-0.4, -0.2) is 23.7 Å². The van der Waals surface area contributed by atoms with Gasteiger partial charge in [-0.2, -0.15) is 0 Å². The zero-order chi connectivity index (χ0) is 22.0. The summed E-state index contributed by atoms with van der Waals surface area (Å²) < 4.78 is 11.3. The Hall–Kier alpha value is -3.93. The Morgan fingerprint density at radius 2 is 1.81 bits per heavy atom. The number of ketones is 2. The van der Waals surface area contributed by atoms with Crippen LogP contribution in [-0.2, 0) is 6.54 Å². The molecule has 0 amide bonds. The summed E-state index contributed by atoms with van der Waals surface area (Å²) in [7, 11) is 1.57. The third-order valence-electron chi connectivity index (χ3n) is 5.13. The monoisotopic (exact) mass is 414 g/mol. The number of aromatic nitrogens is 1. The number of carbonyl (C=O) groups is 2. The molecule has 2 aromatic heterocycles. The van der Waals surface area contributed by atoms with Crippen molar-refractivity contribution in [1.29, 1.82) is 0 Å². The summed E-state index contributed by atoms with van der Waals surface area (Å²) in [6.07, 6.45) is 3.55. The van der Waals surface area contributed by atoms with Crippen molar-refractivity contribution in [1.82, 2.24) is 4.98 Å². The molecule has 6 nitrogen and oxygen atoms in total. The van der Waals surface area contributed by atoms with E-state index in [0.29, 0.717) is 23.4 Å². The van der Waals surface area contributed by atoms with Gasteiger partial charge in [-0.15, -0.1) is 0 Å². The molecular weight excluding hydrogens is 392 g/mol. The van der Waals surface area contributed by atoms with Crippen LogP contribution >= 0.6 is 0 Å². The van der Waals surface area contributed by atoms with E-state index in [-0.39, 0.29) is 17.3 Å². The van der Waals surface area contributed by atoms with E-state index < -0.39 is 0 Å². The number of rotatable bonds is 7. The highest BCUT2D eigenvalue weighted by Gasteiger charge is 2.20. The van der Waals surface area contributed by atoms with E-state index >= 15 is 0 Å². The Labute approximate surface area is 180 Å². The quantitative estimate of drug-likeness (QED) is 0.368. The molecule has 0 aliphatic heterocycles. The molecule has 0 unspecified atom stereocenters. The number of fused-ring (bicyclic) bond motifs is 1. The lowest BCUT2D eigenvalue weighted by atomic mass is 10.1. The molecule has 0 saturated carbocycles. The van der Waals surface area contributed by atoms with Crippen molar-refractivity contribution in [3.05, 3.63) is 83.9 Å². The molecule has 4 rings (SSSR count). The standard InChI is InChI=1S/C25H22N2O4/c1-16(28)19-6-8-20(9-7-19)27(15-18-5-4-12-26-14-18)22-10-11-23(30-3)25-21(22)13-24(31-25)17(2)29/h4-14H,15H2,1-3H3. The molecule has 0 aliphatic rings. The fraction of sp³-hybridized carbons (Fsp3) is 0.160. The van der Waals surface area contributed by atoms with Crippen LogP contribution in [0, 0.1) is 0 Å². The number of furan rings is 1. The van der Waals surface area contributed by atoms with E-state index in [9.17, 15) is 9.59 Å². The van der Waals surface area contributed by atoms with Crippen LogP contribution in [0.1, 0.15) is 40.3 Å². The molecule has 0 saturated heterocycles. The number of Topliss-reactive ketones (excluding diaryl/α,β-unsaturated/α-hetero) is 2. The number of anilines is 2. The first kappa shape index (κ1) is 20.3. The van der Waals surface area contributed by atoms with Crippen LogP contribution in [0.25, 0.3) is 11.0 Å². The van der Waals surface area contributed by atoms with E-state index in [1.54, 1.807) is 26.3 Å². The Bertz CT molecular complexity index is 1240. The maximum Gasteiger partial charge on any atom is 0.194 e. The van der Waals surface area contributed by atoms with Gasteiger partial charge in [0.15, 0.2) is 28.7 Å². The van der Waals surface area contributed by atoms with Gasteiger partial charge in [0.1, 0.15) is 0 Å². The SMILES string of the molecule is COc1ccc(N(Cc2cccnc2)c2ccc(C(C)=O)cc2)c2cc(C(C)=O)oc12. The van der Waals surface area contributed by atoms with Crippen molar-refractivity contribution >= 4 is 33.9 Å². The Morgan fingerprint density at radius 3 is 2.42 bits per heavy atom. The van der Waals surface area contributed by atoms with Crippen molar-refractivity contribution in [2.75, 3.05) is 12.0 Å². The lowest BCUT2D eigenvalue weighted by molar-refractivity contribution is 0.0987. The molecule has 31 heavy (non-hydrogen) atoms. The molecule has 0 N–H and O–H groups in total. The first-order valence-electron chi connectivity index (χ1n) is 9.87. The highest BCUT2D eigenvalue weighted by atomic mass is 16.5. The predicted molar refractivity (Wildman–Crippen MR) is 119 cm³/mol. The summed E-state index contributed by atoms with van der Waals surface area (Å²) in [6, 6.07) is 16.8. The van der Waals surface area contributed by atoms with E-state index in [1.165, 1.54) is 6.92 Å². The fourth-order valence-corrected chi connectivity index (χ4v) is 3.52. The largest absolute Gasteiger partial charge is 0.493 e.